The molecule has 0 radical (unpaired) electrons. The number of hydrogen-bond donors (Lipinski definition) is 0. The van der Waals surface area contributed by atoms with Gasteiger partial charge in [-0.3, -0.25) is 4.84 Å². The predicted molar refractivity (Wildman–Crippen MR) is 66.6 cm³/mol. The number of nitrogens with zero attached hydrogens (tertiary/aromatic N) is 2. The molecule has 2 aliphatic heterocycles. The molecule has 4 rings (SSSR count). The zero-order chi connectivity index (χ0) is 11.6. The second kappa shape index (κ2) is 3.12. The van der Waals surface area contributed by atoms with Gasteiger partial charge in [0.15, 0.2) is 0 Å². The molecule has 0 unspecified atom stereocenters. The average molecular weight is 228 g/mol. The lowest BCUT2D eigenvalue weighted by Gasteiger charge is -2.16. The van der Waals surface area contributed by atoms with Crippen LogP contribution in [0.5, 0.6) is 0 Å². The number of fused-ring (bicyclic) bond motifs is 5. The highest BCUT2D eigenvalue weighted by molar-refractivity contribution is 5.85. The van der Waals surface area contributed by atoms with Crippen LogP contribution in [0.2, 0.25) is 0 Å². The Labute approximate surface area is 101 Å². The molecule has 17 heavy (non-hydrogen) atoms. The van der Waals surface area contributed by atoms with Crippen LogP contribution in [0, 0.1) is 12.8 Å². The van der Waals surface area contributed by atoms with Gasteiger partial charge >= 0.3 is 0 Å². The first kappa shape index (κ1) is 9.68. The van der Waals surface area contributed by atoms with E-state index in [1.165, 1.54) is 22.2 Å². The monoisotopic (exact) mass is 228 g/mol. The molecule has 2 atom stereocenters. The van der Waals surface area contributed by atoms with Gasteiger partial charge in [-0.25, -0.2) is 0 Å². The van der Waals surface area contributed by atoms with E-state index in [1.807, 2.05) is 5.06 Å². The Morgan fingerprint density at radius 3 is 3.00 bits per heavy atom. The molecule has 1 aromatic heterocycles. The second-order valence-electron chi connectivity index (χ2n) is 5.18. The molecule has 0 saturated carbocycles. The van der Waals surface area contributed by atoms with Crippen molar-refractivity contribution < 1.29 is 4.84 Å². The van der Waals surface area contributed by atoms with Gasteiger partial charge in [-0.15, -0.1) is 0 Å². The summed E-state index contributed by atoms with van der Waals surface area (Å²) in [7, 11) is 2.05. The van der Waals surface area contributed by atoms with E-state index in [2.05, 4.69) is 42.8 Å². The van der Waals surface area contributed by atoms with Gasteiger partial charge in [-0.2, -0.15) is 5.06 Å². The fraction of sp³-hybridized carbons (Fsp3) is 0.429. The molecule has 0 N–H and O–H groups in total. The molecule has 0 spiro atoms. The zero-order valence-electron chi connectivity index (χ0n) is 10.2. The lowest BCUT2D eigenvalue weighted by Crippen LogP contribution is -2.17. The summed E-state index contributed by atoms with van der Waals surface area (Å²) in [6.45, 7) is 4.19. The highest BCUT2D eigenvalue weighted by Gasteiger charge is 2.43. The third kappa shape index (κ3) is 1.08. The summed E-state index contributed by atoms with van der Waals surface area (Å²) < 4.78 is 2.49. The Kier molecular flexibility index (Phi) is 1.78. The molecule has 1 fully saturated rings. The highest BCUT2D eigenvalue weighted by atomic mass is 16.7. The number of aromatic nitrogens is 1. The Morgan fingerprint density at radius 2 is 2.12 bits per heavy atom. The molecule has 1 saturated heterocycles. The van der Waals surface area contributed by atoms with E-state index < -0.39 is 0 Å². The number of hydroxylamine groups is 2. The fourth-order valence-corrected chi connectivity index (χ4v) is 3.54. The smallest absolute Gasteiger partial charge is 0.0821 e. The topological polar surface area (TPSA) is 17.4 Å². The summed E-state index contributed by atoms with van der Waals surface area (Å²) in [5.74, 6) is 0.623. The van der Waals surface area contributed by atoms with E-state index in [1.54, 1.807) is 0 Å². The first-order valence-corrected chi connectivity index (χ1v) is 6.21. The van der Waals surface area contributed by atoms with Crippen LogP contribution >= 0.6 is 0 Å². The highest BCUT2D eigenvalue weighted by Crippen LogP contribution is 2.45. The van der Waals surface area contributed by atoms with Crippen LogP contribution in [0.15, 0.2) is 24.3 Å². The third-order valence-corrected chi connectivity index (χ3v) is 4.30. The lowest BCUT2D eigenvalue weighted by atomic mass is 9.99. The van der Waals surface area contributed by atoms with Gasteiger partial charge < -0.3 is 4.57 Å². The lowest BCUT2D eigenvalue weighted by molar-refractivity contribution is -0.111. The number of benzene rings is 1. The van der Waals surface area contributed by atoms with E-state index in [-0.39, 0.29) is 0 Å². The van der Waals surface area contributed by atoms with Crippen LogP contribution in [0.4, 0.5) is 0 Å². The van der Waals surface area contributed by atoms with Crippen LogP contribution < -0.4 is 0 Å². The van der Waals surface area contributed by atoms with Crippen molar-refractivity contribution in [1.29, 1.82) is 0 Å². The molecular weight excluding hydrogens is 212 g/mol. The number of aryl methyl sites for hydroxylation is 1. The van der Waals surface area contributed by atoms with E-state index in [4.69, 9.17) is 4.84 Å². The van der Waals surface area contributed by atoms with E-state index in [0.717, 1.165) is 13.2 Å². The normalized spacial score (nSPS) is 27.6. The Hall–Kier alpha value is -1.32. The minimum absolute atomic E-state index is 0.447. The summed E-state index contributed by atoms with van der Waals surface area (Å²) in [6.07, 6.45) is 0. The predicted octanol–water partition coefficient (Wildman–Crippen LogP) is 2.50. The van der Waals surface area contributed by atoms with Crippen LogP contribution in [0.25, 0.3) is 10.9 Å². The summed E-state index contributed by atoms with van der Waals surface area (Å²) in [5.41, 5.74) is 4.25. The average Bonchev–Trinajstić information content (AvgIpc) is 2.95. The zero-order valence-corrected chi connectivity index (χ0v) is 10.2. The van der Waals surface area contributed by atoms with Crippen molar-refractivity contribution in [3.8, 4) is 0 Å². The second-order valence-corrected chi connectivity index (χ2v) is 5.18. The van der Waals surface area contributed by atoms with Gasteiger partial charge in [-0.05, 0) is 18.6 Å². The standard InChI is InChI=1S/C14H16N2O/c1-9-11-5-3-4-6-12(11)16-7-10-8-17-15(2)14(10)13(9)16/h3-6,10,14H,7-8H2,1-2H3/t10-,14-/m0/s1. The van der Waals surface area contributed by atoms with Gasteiger partial charge in [0.05, 0.1) is 12.6 Å². The molecule has 1 aromatic carbocycles. The minimum Gasteiger partial charge on any atom is -0.342 e. The number of para-hydroxylation sites is 1. The van der Waals surface area contributed by atoms with Crippen LogP contribution in [-0.4, -0.2) is 23.3 Å². The maximum Gasteiger partial charge on any atom is 0.0821 e. The first-order valence-electron chi connectivity index (χ1n) is 6.21. The van der Waals surface area contributed by atoms with Crippen molar-refractivity contribution in [3.05, 3.63) is 35.5 Å². The Morgan fingerprint density at radius 1 is 1.29 bits per heavy atom. The van der Waals surface area contributed by atoms with Crippen molar-refractivity contribution in [3.63, 3.8) is 0 Å². The summed E-state index contributed by atoms with van der Waals surface area (Å²) in [5, 5.41) is 3.43. The number of rotatable bonds is 0. The van der Waals surface area contributed by atoms with Crippen molar-refractivity contribution in [2.45, 2.75) is 19.5 Å². The van der Waals surface area contributed by atoms with Gasteiger partial charge in [-0.1, -0.05) is 18.2 Å². The fourth-order valence-electron chi connectivity index (χ4n) is 3.54. The molecule has 88 valence electrons. The van der Waals surface area contributed by atoms with Crippen molar-refractivity contribution in [2.75, 3.05) is 13.7 Å². The molecule has 2 aliphatic rings. The number of hydrogen-bond acceptors (Lipinski definition) is 2. The van der Waals surface area contributed by atoms with Crippen LogP contribution in [-0.2, 0) is 11.4 Å². The van der Waals surface area contributed by atoms with Gasteiger partial charge in [0, 0.05) is 36.1 Å². The Balaban J connectivity index is 2.02. The van der Waals surface area contributed by atoms with Gasteiger partial charge in [0.2, 0.25) is 0 Å². The molecular formula is C14H16N2O. The first-order chi connectivity index (χ1) is 8.27. The summed E-state index contributed by atoms with van der Waals surface area (Å²) >= 11 is 0. The SMILES string of the molecule is Cc1c2n(c3ccccc13)C[C@H]1CON(C)[C@H]21. The van der Waals surface area contributed by atoms with Crippen LogP contribution in [0.3, 0.4) is 0 Å². The minimum atomic E-state index is 0.447. The summed E-state index contributed by atoms with van der Waals surface area (Å²) in [6, 6.07) is 9.15. The largest absolute Gasteiger partial charge is 0.342 e. The van der Waals surface area contributed by atoms with E-state index in [9.17, 15) is 0 Å². The van der Waals surface area contributed by atoms with E-state index >= 15 is 0 Å². The Bertz CT molecular complexity index is 602. The molecule has 0 aliphatic carbocycles. The molecule has 3 nitrogen and oxygen atoms in total. The molecule has 2 aromatic rings. The third-order valence-electron chi connectivity index (χ3n) is 4.30. The molecule has 3 heterocycles. The quantitative estimate of drug-likeness (QED) is 0.689. The van der Waals surface area contributed by atoms with Gasteiger partial charge in [0.25, 0.3) is 0 Å². The molecule has 0 bridgehead atoms. The summed E-state index contributed by atoms with van der Waals surface area (Å²) in [4.78, 5) is 5.65. The molecule has 3 heteroatoms. The molecule has 0 amide bonds. The maximum absolute atomic E-state index is 5.65. The van der Waals surface area contributed by atoms with Crippen molar-refractivity contribution >= 4 is 10.9 Å². The van der Waals surface area contributed by atoms with Crippen molar-refractivity contribution in [2.24, 2.45) is 5.92 Å². The van der Waals surface area contributed by atoms with Crippen LogP contribution in [0.1, 0.15) is 17.3 Å². The van der Waals surface area contributed by atoms with Crippen molar-refractivity contribution in [1.82, 2.24) is 9.63 Å². The maximum atomic E-state index is 5.65. The van der Waals surface area contributed by atoms with Gasteiger partial charge in [0.1, 0.15) is 0 Å². The van der Waals surface area contributed by atoms with E-state index in [0.29, 0.717) is 12.0 Å².